The summed E-state index contributed by atoms with van der Waals surface area (Å²) in [7, 11) is 1.54. The zero-order valence-corrected chi connectivity index (χ0v) is 11.4. The molecule has 0 aromatic heterocycles. The van der Waals surface area contributed by atoms with Crippen LogP contribution >= 0.6 is 15.9 Å². The molecule has 0 bridgehead atoms. The fourth-order valence-corrected chi connectivity index (χ4v) is 2.03. The Morgan fingerprint density at radius 3 is 2.61 bits per heavy atom. The minimum absolute atomic E-state index is 0.0251. The second-order valence-electron chi connectivity index (χ2n) is 3.89. The smallest absolute Gasteiger partial charge is 0.388 e. The van der Waals surface area contributed by atoms with Crippen LogP contribution in [0.5, 0.6) is 0 Å². The van der Waals surface area contributed by atoms with Crippen LogP contribution in [-0.4, -0.2) is 18.8 Å². The highest BCUT2D eigenvalue weighted by atomic mass is 79.9. The molecule has 0 aliphatic heterocycles. The van der Waals surface area contributed by atoms with Gasteiger partial charge in [-0.15, -0.1) is 0 Å². The van der Waals surface area contributed by atoms with E-state index in [4.69, 9.17) is 4.74 Å². The number of aliphatic hydroxyl groups is 1. The van der Waals surface area contributed by atoms with Gasteiger partial charge in [0.1, 0.15) is 0 Å². The summed E-state index contributed by atoms with van der Waals surface area (Å²) in [6, 6.07) is 3.76. The van der Waals surface area contributed by atoms with Crippen LogP contribution in [-0.2, 0) is 10.9 Å². The Kier molecular flexibility index (Phi) is 5.62. The molecule has 1 N–H and O–H groups in total. The van der Waals surface area contributed by atoms with Gasteiger partial charge in [0.15, 0.2) is 0 Å². The van der Waals surface area contributed by atoms with E-state index in [-0.39, 0.29) is 10.0 Å². The van der Waals surface area contributed by atoms with Gasteiger partial charge in [-0.05, 0) is 30.5 Å². The highest BCUT2D eigenvalue weighted by Gasteiger charge is 2.33. The van der Waals surface area contributed by atoms with Crippen LogP contribution in [0.1, 0.15) is 30.1 Å². The molecule has 0 amide bonds. The first kappa shape index (κ1) is 15.5. The summed E-state index contributed by atoms with van der Waals surface area (Å²) in [5, 5.41) is 9.79. The monoisotopic (exact) mass is 326 g/mol. The van der Waals surface area contributed by atoms with Crippen molar-refractivity contribution in [2.75, 3.05) is 13.7 Å². The van der Waals surface area contributed by atoms with Gasteiger partial charge in [-0.3, -0.25) is 0 Å². The summed E-state index contributed by atoms with van der Waals surface area (Å²) < 4.78 is 42.8. The standard InChI is InChI=1S/C12H14BrF3O2/c1-18-6-2-3-11(17)8-4-5-10(13)9(7-8)12(14,15)16/h4-5,7,11,17H,2-3,6H2,1H3. The third kappa shape index (κ3) is 4.26. The maximum Gasteiger partial charge on any atom is 0.417 e. The molecule has 1 aromatic carbocycles. The molecule has 0 radical (unpaired) electrons. The number of ether oxygens (including phenoxy) is 1. The fraction of sp³-hybridized carbons (Fsp3) is 0.500. The third-order valence-corrected chi connectivity index (χ3v) is 3.20. The largest absolute Gasteiger partial charge is 0.417 e. The van der Waals surface area contributed by atoms with E-state index >= 15 is 0 Å². The minimum Gasteiger partial charge on any atom is -0.388 e. The van der Waals surface area contributed by atoms with E-state index in [0.717, 1.165) is 6.07 Å². The van der Waals surface area contributed by atoms with E-state index in [0.29, 0.717) is 19.4 Å². The number of benzene rings is 1. The van der Waals surface area contributed by atoms with Gasteiger partial charge in [-0.2, -0.15) is 13.2 Å². The number of alkyl halides is 3. The van der Waals surface area contributed by atoms with E-state index in [9.17, 15) is 18.3 Å². The Hall–Kier alpha value is -0.590. The molecule has 18 heavy (non-hydrogen) atoms. The van der Waals surface area contributed by atoms with E-state index < -0.39 is 17.8 Å². The molecule has 1 aromatic rings. The van der Waals surface area contributed by atoms with Gasteiger partial charge in [0, 0.05) is 18.2 Å². The lowest BCUT2D eigenvalue weighted by atomic mass is 10.0. The van der Waals surface area contributed by atoms with Crippen molar-refractivity contribution in [3.8, 4) is 0 Å². The molecule has 0 aliphatic carbocycles. The maximum absolute atomic E-state index is 12.7. The van der Waals surface area contributed by atoms with Crippen LogP contribution in [0.15, 0.2) is 22.7 Å². The molecule has 0 saturated carbocycles. The summed E-state index contributed by atoms with van der Waals surface area (Å²) >= 11 is 2.86. The summed E-state index contributed by atoms with van der Waals surface area (Å²) in [5.41, 5.74) is -0.507. The van der Waals surface area contributed by atoms with Gasteiger partial charge in [0.25, 0.3) is 0 Å². The van der Waals surface area contributed by atoms with Crippen LogP contribution in [0.2, 0.25) is 0 Å². The first-order chi connectivity index (χ1) is 8.36. The lowest BCUT2D eigenvalue weighted by molar-refractivity contribution is -0.138. The van der Waals surface area contributed by atoms with Crippen molar-refractivity contribution in [2.45, 2.75) is 25.1 Å². The van der Waals surface area contributed by atoms with Crippen molar-refractivity contribution in [3.05, 3.63) is 33.8 Å². The van der Waals surface area contributed by atoms with Gasteiger partial charge in [0.05, 0.1) is 11.7 Å². The van der Waals surface area contributed by atoms with Gasteiger partial charge in [-0.25, -0.2) is 0 Å². The molecular weight excluding hydrogens is 313 g/mol. The molecule has 0 fully saturated rings. The molecular formula is C12H14BrF3O2. The maximum atomic E-state index is 12.7. The van der Waals surface area contributed by atoms with Gasteiger partial charge in [0.2, 0.25) is 0 Å². The highest BCUT2D eigenvalue weighted by molar-refractivity contribution is 9.10. The molecule has 0 spiro atoms. The predicted molar refractivity (Wildman–Crippen MR) is 65.2 cm³/mol. The van der Waals surface area contributed by atoms with Crippen molar-refractivity contribution in [1.29, 1.82) is 0 Å². The van der Waals surface area contributed by atoms with Crippen LogP contribution in [0.25, 0.3) is 0 Å². The molecule has 0 heterocycles. The Morgan fingerprint density at radius 1 is 1.39 bits per heavy atom. The first-order valence-corrected chi connectivity index (χ1v) is 6.19. The molecule has 6 heteroatoms. The molecule has 0 saturated heterocycles. The zero-order valence-electron chi connectivity index (χ0n) is 9.80. The van der Waals surface area contributed by atoms with Crippen LogP contribution in [0, 0.1) is 0 Å². The molecule has 102 valence electrons. The van der Waals surface area contributed by atoms with Gasteiger partial charge < -0.3 is 9.84 Å². The summed E-state index contributed by atoms with van der Waals surface area (Å²) in [5.74, 6) is 0. The van der Waals surface area contributed by atoms with Crippen molar-refractivity contribution >= 4 is 15.9 Å². The average Bonchev–Trinajstić information content (AvgIpc) is 2.28. The molecule has 2 nitrogen and oxygen atoms in total. The second kappa shape index (κ2) is 6.54. The van der Waals surface area contributed by atoms with E-state index in [1.165, 1.54) is 19.2 Å². The number of methoxy groups -OCH3 is 1. The number of hydrogen-bond donors (Lipinski definition) is 1. The van der Waals surface area contributed by atoms with E-state index in [1.54, 1.807) is 0 Å². The van der Waals surface area contributed by atoms with Crippen LogP contribution in [0.3, 0.4) is 0 Å². The Labute approximate surface area is 112 Å². The Morgan fingerprint density at radius 2 is 2.06 bits per heavy atom. The average molecular weight is 327 g/mol. The van der Waals surface area contributed by atoms with Crippen molar-refractivity contribution in [3.63, 3.8) is 0 Å². The topological polar surface area (TPSA) is 29.5 Å². The van der Waals surface area contributed by atoms with Crippen molar-refractivity contribution in [1.82, 2.24) is 0 Å². The van der Waals surface area contributed by atoms with Crippen molar-refractivity contribution in [2.24, 2.45) is 0 Å². The lowest BCUT2D eigenvalue weighted by Crippen LogP contribution is -2.08. The normalized spacial score (nSPS) is 13.7. The van der Waals surface area contributed by atoms with Crippen LogP contribution in [0.4, 0.5) is 13.2 Å². The zero-order chi connectivity index (χ0) is 13.8. The fourth-order valence-electron chi connectivity index (χ4n) is 1.56. The number of halogens is 4. The van der Waals surface area contributed by atoms with Gasteiger partial charge in [-0.1, -0.05) is 22.0 Å². The molecule has 1 atom stereocenters. The van der Waals surface area contributed by atoms with Crippen molar-refractivity contribution < 1.29 is 23.0 Å². The second-order valence-corrected chi connectivity index (χ2v) is 4.74. The van der Waals surface area contributed by atoms with E-state index in [2.05, 4.69) is 15.9 Å². The molecule has 1 rings (SSSR count). The minimum atomic E-state index is -4.43. The predicted octanol–water partition coefficient (Wildman–Crippen LogP) is 3.93. The quantitative estimate of drug-likeness (QED) is 0.831. The molecule has 0 aliphatic rings. The lowest BCUT2D eigenvalue weighted by Gasteiger charge is -2.15. The summed E-state index contributed by atoms with van der Waals surface area (Å²) in [4.78, 5) is 0. The number of aliphatic hydroxyl groups excluding tert-OH is 1. The number of hydrogen-bond acceptors (Lipinski definition) is 2. The summed E-state index contributed by atoms with van der Waals surface area (Å²) in [6.45, 7) is 0.472. The van der Waals surface area contributed by atoms with E-state index in [1.807, 2.05) is 0 Å². The first-order valence-electron chi connectivity index (χ1n) is 5.40. The van der Waals surface area contributed by atoms with Gasteiger partial charge >= 0.3 is 6.18 Å². The highest BCUT2D eigenvalue weighted by Crippen LogP contribution is 2.36. The summed E-state index contributed by atoms with van der Waals surface area (Å²) in [6.07, 6.45) is -4.38. The SMILES string of the molecule is COCCCC(O)c1ccc(Br)c(C(F)(F)F)c1. The third-order valence-electron chi connectivity index (χ3n) is 2.51. The molecule has 1 unspecified atom stereocenters. The number of rotatable bonds is 5. The Balaban J connectivity index is 2.84. The Bertz CT molecular complexity index is 393. The van der Waals surface area contributed by atoms with Crippen LogP contribution < -0.4 is 0 Å².